The summed E-state index contributed by atoms with van der Waals surface area (Å²) in [5.41, 5.74) is 0.235. The smallest absolute Gasteiger partial charge is 0.101 e. The van der Waals surface area contributed by atoms with Gasteiger partial charge in [-0.2, -0.15) is 0 Å². The average Bonchev–Trinajstić information content (AvgIpc) is 2.66. The first-order valence-corrected chi connectivity index (χ1v) is 7.40. The molecule has 0 aromatic carbocycles. The number of ether oxygens (including phenoxy) is 1. The highest BCUT2D eigenvalue weighted by Gasteiger charge is 2.33. The SMILES string of the molecule is BCCC1CCCC(OC2(C)CCCC2)C1. The largest absolute Gasteiger partial charge is 0.372 e. The van der Waals surface area contributed by atoms with Gasteiger partial charge in [0.25, 0.3) is 0 Å². The summed E-state index contributed by atoms with van der Waals surface area (Å²) in [6, 6.07) is 0. The van der Waals surface area contributed by atoms with Crippen LogP contribution in [0.25, 0.3) is 0 Å². The lowest BCUT2D eigenvalue weighted by atomic mass is 9.81. The first-order chi connectivity index (χ1) is 7.72. The fourth-order valence-electron chi connectivity index (χ4n) is 3.66. The third-order valence-electron chi connectivity index (χ3n) is 4.54. The lowest BCUT2D eigenvalue weighted by Gasteiger charge is -2.35. The fourth-order valence-corrected chi connectivity index (χ4v) is 3.66. The van der Waals surface area contributed by atoms with E-state index in [0.29, 0.717) is 6.10 Å². The molecule has 0 heterocycles. The first kappa shape index (κ1) is 12.5. The van der Waals surface area contributed by atoms with Gasteiger partial charge in [0.15, 0.2) is 0 Å². The molecule has 2 unspecified atom stereocenters. The van der Waals surface area contributed by atoms with Crippen molar-refractivity contribution in [3.8, 4) is 0 Å². The normalized spacial score (nSPS) is 34.1. The summed E-state index contributed by atoms with van der Waals surface area (Å²) in [6.07, 6.45) is 14.2. The van der Waals surface area contributed by atoms with Crippen LogP contribution in [0.2, 0.25) is 6.32 Å². The molecular weight excluding hydrogens is 195 g/mol. The molecule has 0 saturated heterocycles. The van der Waals surface area contributed by atoms with Crippen molar-refractivity contribution in [1.29, 1.82) is 0 Å². The van der Waals surface area contributed by atoms with Crippen LogP contribution in [-0.4, -0.2) is 19.6 Å². The van der Waals surface area contributed by atoms with Gasteiger partial charge in [-0.25, -0.2) is 0 Å². The molecule has 2 aliphatic rings. The second-order valence-corrected chi connectivity index (χ2v) is 6.22. The maximum atomic E-state index is 6.42. The van der Waals surface area contributed by atoms with Crippen LogP contribution in [0.15, 0.2) is 0 Å². The molecule has 0 amide bonds. The summed E-state index contributed by atoms with van der Waals surface area (Å²) < 4.78 is 6.42. The molecule has 0 aliphatic heterocycles. The zero-order valence-electron chi connectivity index (χ0n) is 11.1. The molecule has 0 aromatic rings. The highest BCUT2D eigenvalue weighted by molar-refractivity contribution is 6.08. The summed E-state index contributed by atoms with van der Waals surface area (Å²) in [6.45, 7) is 2.34. The Bertz CT molecular complexity index is 209. The topological polar surface area (TPSA) is 9.23 Å². The van der Waals surface area contributed by atoms with E-state index in [9.17, 15) is 0 Å². The van der Waals surface area contributed by atoms with Gasteiger partial charge < -0.3 is 4.74 Å². The van der Waals surface area contributed by atoms with Gasteiger partial charge in [0.05, 0.1) is 11.7 Å². The molecule has 2 saturated carbocycles. The zero-order valence-corrected chi connectivity index (χ0v) is 11.1. The van der Waals surface area contributed by atoms with E-state index in [1.807, 2.05) is 0 Å². The van der Waals surface area contributed by atoms with Crippen LogP contribution in [0.5, 0.6) is 0 Å². The third-order valence-corrected chi connectivity index (χ3v) is 4.54. The van der Waals surface area contributed by atoms with E-state index in [2.05, 4.69) is 14.8 Å². The van der Waals surface area contributed by atoms with Gasteiger partial charge in [-0.1, -0.05) is 38.4 Å². The molecule has 2 rings (SSSR count). The van der Waals surface area contributed by atoms with Crippen molar-refractivity contribution in [2.75, 3.05) is 0 Å². The minimum absolute atomic E-state index is 0.235. The molecule has 16 heavy (non-hydrogen) atoms. The summed E-state index contributed by atoms with van der Waals surface area (Å²) >= 11 is 0. The minimum Gasteiger partial charge on any atom is -0.372 e. The van der Waals surface area contributed by atoms with Crippen molar-refractivity contribution >= 4 is 7.85 Å². The Morgan fingerprint density at radius 2 is 1.94 bits per heavy atom. The molecule has 2 heteroatoms. The van der Waals surface area contributed by atoms with Crippen LogP contribution in [-0.2, 0) is 4.74 Å². The Hall–Kier alpha value is 0.0249. The van der Waals surface area contributed by atoms with E-state index >= 15 is 0 Å². The van der Waals surface area contributed by atoms with Crippen LogP contribution in [0.4, 0.5) is 0 Å². The minimum atomic E-state index is 0.235. The highest BCUT2D eigenvalue weighted by atomic mass is 16.5. The molecule has 0 bridgehead atoms. The van der Waals surface area contributed by atoms with Crippen molar-refractivity contribution in [2.24, 2.45) is 5.92 Å². The maximum Gasteiger partial charge on any atom is 0.101 e. The number of hydrogen-bond acceptors (Lipinski definition) is 1. The van der Waals surface area contributed by atoms with E-state index in [0.717, 1.165) is 5.92 Å². The monoisotopic (exact) mass is 222 g/mol. The quantitative estimate of drug-likeness (QED) is 0.663. The molecule has 1 nitrogen and oxygen atoms in total. The molecule has 0 aromatic heterocycles. The Balaban J connectivity index is 1.80. The predicted octanol–water partition coefficient (Wildman–Crippen LogP) is 3.34. The maximum absolute atomic E-state index is 6.42. The summed E-state index contributed by atoms with van der Waals surface area (Å²) in [5, 5.41) is 0. The average molecular weight is 222 g/mol. The molecule has 0 spiro atoms. The van der Waals surface area contributed by atoms with Crippen LogP contribution in [0.3, 0.4) is 0 Å². The Morgan fingerprint density at radius 3 is 2.62 bits per heavy atom. The van der Waals surface area contributed by atoms with Crippen molar-refractivity contribution in [3.05, 3.63) is 0 Å². The Kier molecular flexibility index (Phi) is 4.35. The zero-order chi connectivity index (χ0) is 11.4. The van der Waals surface area contributed by atoms with Gasteiger partial charge in [-0.05, 0) is 38.5 Å². The van der Waals surface area contributed by atoms with Gasteiger partial charge in [0.2, 0.25) is 0 Å². The fraction of sp³-hybridized carbons (Fsp3) is 1.00. The van der Waals surface area contributed by atoms with E-state index < -0.39 is 0 Å². The van der Waals surface area contributed by atoms with Crippen molar-refractivity contribution < 1.29 is 4.74 Å². The Labute approximate surface area is 102 Å². The summed E-state index contributed by atoms with van der Waals surface area (Å²) in [4.78, 5) is 0. The highest BCUT2D eigenvalue weighted by Crippen LogP contribution is 2.38. The van der Waals surface area contributed by atoms with Crippen molar-refractivity contribution in [1.82, 2.24) is 0 Å². The molecular formula is C14H27BO. The van der Waals surface area contributed by atoms with E-state index in [1.54, 1.807) is 0 Å². The van der Waals surface area contributed by atoms with E-state index in [-0.39, 0.29) is 5.60 Å². The van der Waals surface area contributed by atoms with Gasteiger partial charge in [-0.3, -0.25) is 0 Å². The van der Waals surface area contributed by atoms with E-state index in [4.69, 9.17) is 4.74 Å². The van der Waals surface area contributed by atoms with Crippen LogP contribution < -0.4 is 0 Å². The van der Waals surface area contributed by atoms with Crippen LogP contribution in [0, 0.1) is 5.92 Å². The molecule has 2 aliphatic carbocycles. The molecule has 2 fully saturated rings. The number of rotatable bonds is 4. The lowest BCUT2D eigenvalue weighted by Crippen LogP contribution is -2.33. The van der Waals surface area contributed by atoms with Crippen molar-refractivity contribution in [3.63, 3.8) is 0 Å². The van der Waals surface area contributed by atoms with Crippen LogP contribution in [0.1, 0.15) is 64.7 Å². The first-order valence-electron chi connectivity index (χ1n) is 7.40. The molecule has 2 atom stereocenters. The van der Waals surface area contributed by atoms with Gasteiger partial charge in [0, 0.05) is 0 Å². The third kappa shape index (κ3) is 3.26. The Morgan fingerprint density at radius 1 is 1.19 bits per heavy atom. The van der Waals surface area contributed by atoms with Crippen LogP contribution >= 0.6 is 0 Å². The summed E-state index contributed by atoms with van der Waals surface area (Å²) in [7, 11) is 2.31. The molecule has 92 valence electrons. The molecule has 0 N–H and O–H groups in total. The van der Waals surface area contributed by atoms with Gasteiger partial charge in [-0.15, -0.1) is 0 Å². The predicted molar refractivity (Wildman–Crippen MR) is 71.7 cm³/mol. The molecule has 0 radical (unpaired) electrons. The lowest BCUT2D eigenvalue weighted by molar-refractivity contribution is -0.0980. The van der Waals surface area contributed by atoms with Gasteiger partial charge >= 0.3 is 0 Å². The summed E-state index contributed by atoms with van der Waals surface area (Å²) in [5.74, 6) is 0.953. The second kappa shape index (κ2) is 5.57. The number of hydrogen-bond donors (Lipinski definition) is 0. The standard InChI is InChI=1S/C14H27BO/c1-14(8-2-3-9-14)16-13-6-4-5-12(11-13)7-10-15/h12-13H,2-11,15H2,1H3. The van der Waals surface area contributed by atoms with Crippen molar-refractivity contribution in [2.45, 2.75) is 82.7 Å². The van der Waals surface area contributed by atoms with Gasteiger partial charge in [0.1, 0.15) is 7.85 Å². The van der Waals surface area contributed by atoms with E-state index in [1.165, 1.54) is 64.1 Å². The second-order valence-electron chi connectivity index (χ2n) is 6.22.